The molecule has 7 heteroatoms. The number of pyridine rings is 2. The Morgan fingerprint density at radius 2 is 1.93 bits per heavy atom. The van der Waals surface area contributed by atoms with Crippen LogP contribution in [-0.4, -0.2) is 9.97 Å². The Morgan fingerprint density at radius 3 is 2.63 bits per heavy atom. The predicted molar refractivity (Wildman–Crippen MR) is 121 cm³/mol. The molecule has 3 heterocycles. The number of anilines is 1. The Morgan fingerprint density at radius 1 is 1.13 bits per heavy atom. The number of aryl methyl sites for hydroxylation is 1. The van der Waals surface area contributed by atoms with Crippen molar-refractivity contribution in [1.29, 1.82) is 0 Å². The number of nitrogens with one attached hydrogen (secondary N) is 1. The van der Waals surface area contributed by atoms with Gasteiger partial charge in [0, 0.05) is 29.1 Å². The molecule has 1 atom stereocenters. The van der Waals surface area contributed by atoms with Crippen molar-refractivity contribution in [3.05, 3.63) is 86.0 Å². The number of halogens is 2. The minimum Gasteiger partial charge on any atom is -0.455 e. The highest BCUT2D eigenvalue weighted by molar-refractivity contribution is 6.34. The smallest absolute Gasteiger partial charge is 0.196 e. The Labute approximate surface area is 183 Å². The largest absolute Gasteiger partial charge is 0.455 e. The van der Waals surface area contributed by atoms with Gasteiger partial charge >= 0.3 is 0 Å². The molecule has 0 bridgehead atoms. The minimum atomic E-state index is -0.208. The summed E-state index contributed by atoms with van der Waals surface area (Å²) in [6, 6.07) is 10.8. The first-order valence-corrected chi connectivity index (χ1v) is 10.2. The lowest BCUT2D eigenvalue weighted by Gasteiger charge is -2.19. The van der Waals surface area contributed by atoms with Crippen LogP contribution >= 0.6 is 23.2 Å². The molecule has 4 aromatic rings. The van der Waals surface area contributed by atoms with E-state index in [0.717, 1.165) is 16.7 Å². The highest BCUT2D eigenvalue weighted by atomic mass is 35.5. The molecule has 0 saturated heterocycles. The van der Waals surface area contributed by atoms with Crippen LogP contribution in [0.3, 0.4) is 0 Å². The van der Waals surface area contributed by atoms with Gasteiger partial charge in [-0.15, -0.1) is 0 Å². The van der Waals surface area contributed by atoms with Crippen LogP contribution in [0, 0.1) is 13.8 Å². The number of benzene rings is 1. The zero-order chi connectivity index (χ0) is 21.4. The van der Waals surface area contributed by atoms with Crippen LogP contribution in [0.4, 0.5) is 5.69 Å². The van der Waals surface area contributed by atoms with Gasteiger partial charge < -0.3 is 9.73 Å². The molecule has 5 nitrogen and oxygen atoms in total. The van der Waals surface area contributed by atoms with E-state index >= 15 is 0 Å². The van der Waals surface area contributed by atoms with Gasteiger partial charge in [-0.2, -0.15) is 0 Å². The lowest BCUT2D eigenvalue weighted by atomic mass is 9.99. The lowest BCUT2D eigenvalue weighted by Crippen LogP contribution is -2.12. The number of aromatic nitrogens is 2. The average molecular weight is 440 g/mol. The van der Waals surface area contributed by atoms with Crippen LogP contribution in [0.25, 0.3) is 22.3 Å². The summed E-state index contributed by atoms with van der Waals surface area (Å²) in [5, 5.41) is 4.48. The van der Waals surface area contributed by atoms with E-state index in [9.17, 15) is 4.79 Å². The maximum absolute atomic E-state index is 13.2. The molecule has 0 spiro atoms. The fourth-order valence-electron chi connectivity index (χ4n) is 3.49. The summed E-state index contributed by atoms with van der Waals surface area (Å²) in [5.74, 6) is 0.518. The van der Waals surface area contributed by atoms with Gasteiger partial charge in [-0.1, -0.05) is 29.3 Å². The van der Waals surface area contributed by atoms with Gasteiger partial charge in [0.05, 0.1) is 17.1 Å². The molecule has 4 rings (SSSR count). The first-order chi connectivity index (χ1) is 14.3. The summed E-state index contributed by atoms with van der Waals surface area (Å²) >= 11 is 12.1. The number of hydrogen-bond donors (Lipinski definition) is 1. The molecule has 1 unspecified atom stereocenters. The van der Waals surface area contributed by atoms with E-state index in [4.69, 9.17) is 27.6 Å². The summed E-state index contributed by atoms with van der Waals surface area (Å²) in [5.41, 5.74) is 4.24. The molecular weight excluding hydrogens is 421 g/mol. The van der Waals surface area contributed by atoms with Crippen molar-refractivity contribution >= 4 is 39.9 Å². The second kappa shape index (κ2) is 8.09. The molecule has 1 N–H and O–H groups in total. The third kappa shape index (κ3) is 3.78. The van der Waals surface area contributed by atoms with Crippen LogP contribution in [0.5, 0.6) is 0 Å². The Balaban J connectivity index is 1.89. The monoisotopic (exact) mass is 439 g/mol. The first kappa shape index (κ1) is 20.4. The van der Waals surface area contributed by atoms with Crippen molar-refractivity contribution < 1.29 is 4.42 Å². The van der Waals surface area contributed by atoms with Crippen molar-refractivity contribution in [1.82, 2.24) is 9.97 Å². The van der Waals surface area contributed by atoms with Crippen LogP contribution in [0.1, 0.15) is 29.7 Å². The van der Waals surface area contributed by atoms with Gasteiger partial charge in [0.25, 0.3) is 0 Å². The summed E-state index contributed by atoms with van der Waals surface area (Å²) in [6.07, 6.45) is 3.37. The number of nitrogens with zero attached hydrogens (tertiary/aromatic N) is 2. The van der Waals surface area contributed by atoms with Gasteiger partial charge in [-0.25, -0.2) is 4.98 Å². The van der Waals surface area contributed by atoms with Crippen molar-refractivity contribution in [2.24, 2.45) is 0 Å². The van der Waals surface area contributed by atoms with Crippen LogP contribution < -0.4 is 10.7 Å². The van der Waals surface area contributed by atoms with Crippen molar-refractivity contribution in [2.45, 2.75) is 26.8 Å². The van der Waals surface area contributed by atoms with E-state index < -0.39 is 0 Å². The standard InChI is InChI=1S/C23H19Cl2N3O2/c1-12-9-16(14(3)27-18-6-7-19(24)28-23(18)25)22-17(10-12)20(29)13(2)21(30-22)15-5-4-8-26-11-15/h4-11,14,27H,1-3H3. The predicted octanol–water partition coefficient (Wildman–Crippen LogP) is 6.35. The molecule has 0 radical (unpaired) electrons. The molecule has 0 amide bonds. The normalized spacial score (nSPS) is 12.2. The first-order valence-electron chi connectivity index (χ1n) is 9.42. The highest BCUT2D eigenvalue weighted by Crippen LogP contribution is 2.33. The minimum absolute atomic E-state index is 0.0570. The van der Waals surface area contributed by atoms with E-state index in [-0.39, 0.29) is 16.6 Å². The van der Waals surface area contributed by atoms with E-state index in [1.807, 2.05) is 38.1 Å². The number of rotatable bonds is 4. The molecule has 0 aliphatic heterocycles. The molecule has 30 heavy (non-hydrogen) atoms. The molecule has 152 valence electrons. The van der Waals surface area contributed by atoms with E-state index in [2.05, 4.69) is 15.3 Å². The zero-order valence-corrected chi connectivity index (χ0v) is 18.2. The topological polar surface area (TPSA) is 68.0 Å². The molecule has 0 fully saturated rings. The Hall–Kier alpha value is -2.89. The quantitative estimate of drug-likeness (QED) is 0.375. The third-order valence-corrected chi connectivity index (χ3v) is 5.47. The maximum atomic E-state index is 13.2. The molecule has 0 saturated carbocycles. The summed E-state index contributed by atoms with van der Waals surface area (Å²) in [7, 11) is 0. The summed E-state index contributed by atoms with van der Waals surface area (Å²) < 4.78 is 6.30. The molecule has 3 aromatic heterocycles. The average Bonchev–Trinajstić information content (AvgIpc) is 2.73. The van der Waals surface area contributed by atoms with E-state index in [0.29, 0.717) is 33.1 Å². The molecular formula is C23H19Cl2N3O2. The maximum Gasteiger partial charge on any atom is 0.196 e. The number of hydrogen-bond acceptors (Lipinski definition) is 5. The van der Waals surface area contributed by atoms with Crippen molar-refractivity contribution in [3.8, 4) is 11.3 Å². The Kier molecular flexibility index (Phi) is 5.50. The summed E-state index contributed by atoms with van der Waals surface area (Å²) in [6.45, 7) is 5.70. The highest BCUT2D eigenvalue weighted by Gasteiger charge is 2.19. The number of fused-ring (bicyclic) bond motifs is 1. The fraction of sp³-hybridized carbons (Fsp3) is 0.174. The Bertz CT molecular complexity index is 1300. The zero-order valence-electron chi connectivity index (χ0n) is 16.7. The third-order valence-electron chi connectivity index (χ3n) is 4.97. The molecule has 1 aromatic carbocycles. The lowest BCUT2D eigenvalue weighted by molar-refractivity contribution is 0.605. The summed E-state index contributed by atoms with van der Waals surface area (Å²) in [4.78, 5) is 21.4. The van der Waals surface area contributed by atoms with Gasteiger partial charge in [0.1, 0.15) is 16.5 Å². The van der Waals surface area contributed by atoms with Crippen molar-refractivity contribution in [3.63, 3.8) is 0 Å². The van der Waals surface area contributed by atoms with Gasteiger partial charge in [0.2, 0.25) is 0 Å². The van der Waals surface area contributed by atoms with Crippen LogP contribution in [0.2, 0.25) is 10.3 Å². The van der Waals surface area contributed by atoms with Crippen LogP contribution in [0.15, 0.2) is 58.0 Å². The van der Waals surface area contributed by atoms with Gasteiger partial charge in [-0.05, 0) is 56.7 Å². The molecule has 0 aliphatic rings. The van der Waals surface area contributed by atoms with E-state index in [1.54, 1.807) is 31.5 Å². The van der Waals surface area contributed by atoms with E-state index in [1.165, 1.54) is 0 Å². The second-order valence-electron chi connectivity index (χ2n) is 7.20. The second-order valence-corrected chi connectivity index (χ2v) is 7.94. The van der Waals surface area contributed by atoms with Crippen LogP contribution in [-0.2, 0) is 0 Å². The molecule has 0 aliphatic carbocycles. The van der Waals surface area contributed by atoms with Gasteiger partial charge in [-0.3, -0.25) is 9.78 Å². The van der Waals surface area contributed by atoms with Crippen molar-refractivity contribution in [2.75, 3.05) is 5.32 Å². The van der Waals surface area contributed by atoms with Gasteiger partial charge in [0.15, 0.2) is 10.6 Å². The SMILES string of the molecule is Cc1cc(C(C)Nc2ccc(Cl)nc2Cl)c2oc(-c3cccnc3)c(C)c(=O)c2c1. The fourth-order valence-corrected chi connectivity index (χ4v) is 3.89.